The van der Waals surface area contributed by atoms with Crippen molar-refractivity contribution in [3.63, 3.8) is 0 Å². The van der Waals surface area contributed by atoms with Gasteiger partial charge in [-0.2, -0.15) is 0 Å². The molecule has 0 bridgehead atoms. The summed E-state index contributed by atoms with van der Waals surface area (Å²) in [5.41, 5.74) is 1.34. The van der Waals surface area contributed by atoms with Crippen LogP contribution in [0.1, 0.15) is 16.5 Å². The van der Waals surface area contributed by atoms with Crippen molar-refractivity contribution in [2.24, 2.45) is 0 Å². The van der Waals surface area contributed by atoms with Crippen LogP contribution in [-0.4, -0.2) is 7.05 Å². The van der Waals surface area contributed by atoms with Gasteiger partial charge >= 0.3 is 0 Å². The largest absolute Gasteiger partial charge is 0.312 e. The number of rotatable bonds is 4. The summed E-state index contributed by atoms with van der Waals surface area (Å²) in [7, 11) is 2.01. The van der Waals surface area contributed by atoms with Crippen molar-refractivity contribution in [1.82, 2.24) is 5.32 Å². The van der Waals surface area contributed by atoms with Crippen molar-refractivity contribution in [3.8, 4) is 0 Å². The molecular weight excluding hydrogens is 362 g/mol. The second-order valence-electron chi connectivity index (χ2n) is 3.81. The third kappa shape index (κ3) is 3.65. The molecule has 0 saturated heterocycles. The van der Waals surface area contributed by atoms with E-state index < -0.39 is 0 Å². The molecule has 1 nitrogen and oxygen atoms in total. The molecule has 0 spiro atoms. The van der Waals surface area contributed by atoms with Crippen molar-refractivity contribution in [3.05, 3.63) is 55.1 Å². The van der Waals surface area contributed by atoms with Gasteiger partial charge in [-0.15, -0.1) is 11.3 Å². The Balaban J connectivity index is 2.12. The minimum atomic E-state index is 0.382. The summed E-state index contributed by atoms with van der Waals surface area (Å²) in [4.78, 5) is 1.36. The summed E-state index contributed by atoms with van der Waals surface area (Å²) < 4.78 is 2.31. The first-order chi connectivity index (χ1) is 8.19. The number of thiophene rings is 1. The Labute approximate surface area is 123 Å². The van der Waals surface area contributed by atoms with E-state index in [1.165, 1.54) is 14.2 Å². The van der Waals surface area contributed by atoms with Crippen LogP contribution in [0.2, 0.25) is 0 Å². The first kappa shape index (κ1) is 13.3. The van der Waals surface area contributed by atoms with E-state index >= 15 is 0 Å². The highest BCUT2D eigenvalue weighted by Gasteiger charge is 2.12. The molecule has 0 amide bonds. The van der Waals surface area contributed by atoms with E-state index in [1.807, 2.05) is 7.05 Å². The van der Waals surface area contributed by atoms with Crippen LogP contribution in [0, 0.1) is 0 Å². The molecule has 0 aliphatic rings. The van der Waals surface area contributed by atoms with Crippen LogP contribution in [0.15, 0.2) is 44.7 Å². The number of benzene rings is 1. The third-order valence-electron chi connectivity index (χ3n) is 2.64. The lowest BCUT2D eigenvalue weighted by Gasteiger charge is -2.14. The predicted molar refractivity (Wildman–Crippen MR) is 81.7 cm³/mol. The molecule has 0 fully saturated rings. The van der Waals surface area contributed by atoms with E-state index in [2.05, 4.69) is 73.6 Å². The van der Waals surface area contributed by atoms with E-state index in [4.69, 9.17) is 0 Å². The Hall–Kier alpha value is -0.160. The van der Waals surface area contributed by atoms with Crippen molar-refractivity contribution >= 4 is 43.2 Å². The van der Waals surface area contributed by atoms with Crippen molar-refractivity contribution < 1.29 is 0 Å². The topological polar surface area (TPSA) is 12.0 Å². The van der Waals surface area contributed by atoms with E-state index in [1.54, 1.807) is 11.3 Å². The van der Waals surface area contributed by atoms with Gasteiger partial charge < -0.3 is 5.32 Å². The fourth-order valence-electron chi connectivity index (χ4n) is 1.72. The number of hydrogen-bond donors (Lipinski definition) is 1. The van der Waals surface area contributed by atoms with Crippen LogP contribution in [0.4, 0.5) is 0 Å². The van der Waals surface area contributed by atoms with Gasteiger partial charge in [-0.1, -0.05) is 28.1 Å². The summed E-state index contributed by atoms with van der Waals surface area (Å²) in [6.45, 7) is 0. The summed E-state index contributed by atoms with van der Waals surface area (Å²) in [5.74, 6) is 0. The van der Waals surface area contributed by atoms with Gasteiger partial charge in [0.05, 0.1) is 3.79 Å². The number of hydrogen-bond acceptors (Lipinski definition) is 2. The zero-order chi connectivity index (χ0) is 12.3. The van der Waals surface area contributed by atoms with Crippen molar-refractivity contribution in [2.45, 2.75) is 12.5 Å². The van der Waals surface area contributed by atoms with E-state index in [0.717, 1.165) is 10.9 Å². The Morgan fingerprint density at radius 1 is 1.12 bits per heavy atom. The zero-order valence-corrected chi connectivity index (χ0v) is 13.4. The Morgan fingerprint density at radius 3 is 2.35 bits per heavy atom. The van der Waals surface area contributed by atoms with Gasteiger partial charge in [0, 0.05) is 15.4 Å². The lowest BCUT2D eigenvalue weighted by molar-refractivity contribution is 0.602. The van der Waals surface area contributed by atoms with Crippen LogP contribution < -0.4 is 5.32 Å². The molecule has 1 aromatic heterocycles. The monoisotopic (exact) mass is 373 g/mol. The highest BCUT2D eigenvalue weighted by atomic mass is 79.9. The SMILES string of the molecule is CNC(Cc1ccc(Br)cc1)c1ccc(Br)s1. The smallest absolute Gasteiger partial charge is 0.0701 e. The van der Waals surface area contributed by atoms with Crippen LogP contribution in [0.5, 0.6) is 0 Å². The molecule has 4 heteroatoms. The summed E-state index contributed by atoms with van der Waals surface area (Å²) in [6.07, 6.45) is 1.01. The summed E-state index contributed by atoms with van der Waals surface area (Å²) in [5, 5.41) is 3.37. The maximum Gasteiger partial charge on any atom is 0.0701 e. The standard InChI is InChI=1S/C13H13Br2NS/c1-16-11(12-6-7-13(15)17-12)8-9-2-4-10(14)5-3-9/h2-7,11,16H,8H2,1H3. The van der Waals surface area contributed by atoms with Gasteiger partial charge in [0.25, 0.3) is 0 Å². The Kier molecular flexibility index (Phi) is 4.79. The van der Waals surface area contributed by atoms with E-state index in [-0.39, 0.29) is 0 Å². The van der Waals surface area contributed by atoms with E-state index in [9.17, 15) is 0 Å². The van der Waals surface area contributed by atoms with Crippen LogP contribution >= 0.6 is 43.2 Å². The number of likely N-dealkylation sites (N-methyl/N-ethyl adjacent to an activating group) is 1. The maximum atomic E-state index is 3.51. The lowest BCUT2D eigenvalue weighted by atomic mass is 10.1. The minimum Gasteiger partial charge on any atom is -0.312 e. The zero-order valence-electron chi connectivity index (χ0n) is 9.41. The number of nitrogens with one attached hydrogen (secondary N) is 1. The molecule has 1 unspecified atom stereocenters. The van der Waals surface area contributed by atoms with Crippen LogP contribution in [0.3, 0.4) is 0 Å². The maximum absolute atomic E-state index is 3.51. The molecule has 1 heterocycles. The molecule has 2 rings (SSSR count). The second kappa shape index (κ2) is 6.14. The molecule has 0 saturated carbocycles. The van der Waals surface area contributed by atoms with Gasteiger partial charge in [0.2, 0.25) is 0 Å². The van der Waals surface area contributed by atoms with Crippen molar-refractivity contribution in [1.29, 1.82) is 0 Å². The van der Waals surface area contributed by atoms with Gasteiger partial charge in [0.15, 0.2) is 0 Å². The molecule has 2 aromatic rings. The highest BCUT2D eigenvalue weighted by Crippen LogP contribution is 2.29. The normalized spacial score (nSPS) is 12.6. The molecule has 0 aliphatic carbocycles. The lowest BCUT2D eigenvalue weighted by Crippen LogP contribution is -2.17. The first-order valence-electron chi connectivity index (χ1n) is 5.36. The van der Waals surface area contributed by atoms with Gasteiger partial charge in [-0.25, -0.2) is 0 Å². The average Bonchev–Trinajstić information content (AvgIpc) is 2.75. The van der Waals surface area contributed by atoms with Gasteiger partial charge in [0.1, 0.15) is 0 Å². The van der Waals surface area contributed by atoms with Crippen LogP contribution in [-0.2, 0) is 6.42 Å². The Morgan fingerprint density at radius 2 is 1.82 bits per heavy atom. The first-order valence-corrected chi connectivity index (χ1v) is 7.76. The highest BCUT2D eigenvalue weighted by molar-refractivity contribution is 9.11. The predicted octanol–water partition coefficient (Wildman–Crippen LogP) is 4.78. The van der Waals surface area contributed by atoms with Crippen LogP contribution in [0.25, 0.3) is 0 Å². The quantitative estimate of drug-likeness (QED) is 0.812. The molecule has 17 heavy (non-hydrogen) atoms. The van der Waals surface area contributed by atoms with Gasteiger partial charge in [-0.05, 0) is 59.2 Å². The fourth-order valence-corrected chi connectivity index (χ4v) is 3.51. The molecule has 0 radical (unpaired) electrons. The summed E-state index contributed by atoms with van der Waals surface area (Å²) in [6, 6.07) is 13.2. The number of halogens is 2. The van der Waals surface area contributed by atoms with E-state index in [0.29, 0.717) is 6.04 Å². The third-order valence-corrected chi connectivity index (χ3v) is 4.90. The molecule has 1 N–H and O–H groups in total. The Bertz CT molecular complexity index is 478. The fraction of sp³-hybridized carbons (Fsp3) is 0.231. The molecule has 0 aliphatic heterocycles. The molecular formula is C13H13Br2NS. The summed E-state index contributed by atoms with van der Waals surface area (Å²) >= 11 is 8.75. The van der Waals surface area contributed by atoms with Crippen molar-refractivity contribution in [2.75, 3.05) is 7.05 Å². The average molecular weight is 375 g/mol. The molecule has 90 valence electrons. The molecule has 1 aromatic carbocycles. The van der Waals surface area contributed by atoms with Gasteiger partial charge in [-0.3, -0.25) is 0 Å². The second-order valence-corrected chi connectivity index (χ2v) is 7.22. The molecule has 1 atom stereocenters. The minimum absolute atomic E-state index is 0.382.